The highest BCUT2D eigenvalue weighted by atomic mass is 16.3. The van der Waals surface area contributed by atoms with E-state index in [2.05, 4.69) is 20.2 Å². The van der Waals surface area contributed by atoms with Crippen LogP contribution in [0.1, 0.15) is 6.42 Å². The summed E-state index contributed by atoms with van der Waals surface area (Å²) >= 11 is 0. The number of aromatic nitrogens is 4. The molecule has 1 aliphatic rings. The lowest BCUT2D eigenvalue weighted by molar-refractivity contribution is 0.0408. The van der Waals surface area contributed by atoms with Crippen LogP contribution in [0.5, 0.6) is 0 Å². The van der Waals surface area contributed by atoms with Crippen LogP contribution < -0.4 is 4.90 Å². The van der Waals surface area contributed by atoms with Gasteiger partial charge in [0.25, 0.3) is 0 Å². The van der Waals surface area contributed by atoms with E-state index in [0.717, 1.165) is 12.4 Å². The Kier molecular flexibility index (Phi) is 2.71. The molecule has 1 atom stereocenters. The molecule has 1 saturated heterocycles. The molecule has 0 spiro atoms. The number of pyridine rings is 1. The molecule has 0 saturated carbocycles. The molecule has 3 rings (SSSR count). The largest absolute Gasteiger partial charge is 0.386 e. The highest BCUT2D eigenvalue weighted by molar-refractivity contribution is 5.40. The fraction of sp³-hybridized carbons (Fsp3) is 0.417. The van der Waals surface area contributed by atoms with Crippen molar-refractivity contribution in [1.82, 2.24) is 20.0 Å². The number of hydrogen-bond acceptors (Lipinski definition) is 5. The Hall–Kier alpha value is -1.95. The number of β-amino-alcohol motifs (C(OH)–C–C–N with tert-alkyl or cyclic N) is 1. The fourth-order valence-electron chi connectivity index (χ4n) is 2.34. The molecule has 6 nitrogen and oxygen atoms in total. The van der Waals surface area contributed by atoms with Crippen LogP contribution in [0.3, 0.4) is 0 Å². The minimum absolute atomic E-state index is 0.469. The summed E-state index contributed by atoms with van der Waals surface area (Å²) in [7, 11) is 0. The second-order valence-electron chi connectivity index (χ2n) is 4.68. The molecule has 2 aromatic rings. The molecule has 3 heterocycles. The van der Waals surface area contributed by atoms with Gasteiger partial charge < -0.3 is 10.0 Å². The van der Waals surface area contributed by atoms with Crippen LogP contribution in [0, 0.1) is 0 Å². The first kappa shape index (κ1) is 11.2. The van der Waals surface area contributed by atoms with Crippen LogP contribution in [0.2, 0.25) is 0 Å². The van der Waals surface area contributed by atoms with Gasteiger partial charge in [0.2, 0.25) is 0 Å². The number of aliphatic hydroxyl groups is 1. The van der Waals surface area contributed by atoms with Crippen molar-refractivity contribution in [3.8, 4) is 0 Å². The molecule has 0 bridgehead atoms. The monoisotopic (exact) mass is 245 g/mol. The van der Waals surface area contributed by atoms with Crippen LogP contribution in [0.15, 0.2) is 36.8 Å². The molecule has 1 fully saturated rings. The van der Waals surface area contributed by atoms with Crippen molar-refractivity contribution in [2.45, 2.75) is 18.6 Å². The van der Waals surface area contributed by atoms with Gasteiger partial charge in [0, 0.05) is 25.5 Å². The smallest absolute Gasteiger partial charge is 0.128 e. The molecule has 18 heavy (non-hydrogen) atoms. The number of rotatable bonds is 3. The van der Waals surface area contributed by atoms with Crippen LogP contribution >= 0.6 is 0 Å². The normalized spacial score (nSPS) is 23.5. The Labute approximate surface area is 105 Å². The second-order valence-corrected chi connectivity index (χ2v) is 4.68. The van der Waals surface area contributed by atoms with Crippen molar-refractivity contribution in [2.24, 2.45) is 0 Å². The topological polar surface area (TPSA) is 67.1 Å². The summed E-state index contributed by atoms with van der Waals surface area (Å²) in [5.74, 6) is 0.909. The van der Waals surface area contributed by atoms with E-state index in [0.29, 0.717) is 19.5 Å². The van der Waals surface area contributed by atoms with E-state index in [9.17, 15) is 5.11 Å². The van der Waals surface area contributed by atoms with Crippen LogP contribution in [0.25, 0.3) is 0 Å². The Morgan fingerprint density at radius 2 is 2.28 bits per heavy atom. The summed E-state index contributed by atoms with van der Waals surface area (Å²) in [6.45, 7) is 1.85. The lowest BCUT2D eigenvalue weighted by Gasteiger charge is -2.23. The zero-order valence-corrected chi connectivity index (χ0v) is 9.98. The standard InChI is InChI=1S/C12H15N5O/c18-12(10-17-8-6-14-15-17)4-7-16(9-12)11-3-1-2-5-13-11/h1-3,5-6,8,18H,4,7,9-10H2. The van der Waals surface area contributed by atoms with E-state index in [4.69, 9.17) is 0 Å². The van der Waals surface area contributed by atoms with Gasteiger partial charge in [-0.05, 0) is 18.6 Å². The predicted molar refractivity (Wildman–Crippen MR) is 66.0 cm³/mol. The fourth-order valence-corrected chi connectivity index (χ4v) is 2.34. The molecule has 1 aliphatic heterocycles. The van der Waals surface area contributed by atoms with E-state index >= 15 is 0 Å². The van der Waals surface area contributed by atoms with Crippen molar-refractivity contribution in [2.75, 3.05) is 18.0 Å². The molecule has 0 amide bonds. The zero-order valence-electron chi connectivity index (χ0n) is 9.98. The third-order valence-corrected chi connectivity index (χ3v) is 3.23. The zero-order chi connectivity index (χ0) is 12.4. The van der Waals surface area contributed by atoms with Gasteiger partial charge in [0.1, 0.15) is 11.4 Å². The average molecular weight is 245 g/mol. The first-order chi connectivity index (χ1) is 8.75. The summed E-state index contributed by atoms with van der Waals surface area (Å²) in [5.41, 5.74) is -0.759. The maximum absolute atomic E-state index is 10.5. The maximum Gasteiger partial charge on any atom is 0.128 e. The van der Waals surface area contributed by atoms with Crippen molar-refractivity contribution in [3.05, 3.63) is 36.8 Å². The quantitative estimate of drug-likeness (QED) is 0.843. The Balaban J connectivity index is 1.71. The summed E-state index contributed by atoms with van der Waals surface area (Å²) < 4.78 is 1.67. The third-order valence-electron chi connectivity index (χ3n) is 3.23. The number of hydrogen-bond donors (Lipinski definition) is 1. The molecule has 0 radical (unpaired) electrons. The van der Waals surface area contributed by atoms with E-state index in [1.807, 2.05) is 18.2 Å². The van der Waals surface area contributed by atoms with Gasteiger partial charge in [-0.25, -0.2) is 9.67 Å². The van der Waals surface area contributed by atoms with E-state index in [1.165, 1.54) is 0 Å². The van der Waals surface area contributed by atoms with E-state index in [-0.39, 0.29) is 0 Å². The van der Waals surface area contributed by atoms with Gasteiger partial charge in [-0.15, -0.1) is 5.10 Å². The summed E-state index contributed by atoms with van der Waals surface area (Å²) in [4.78, 5) is 6.40. The SMILES string of the molecule is OC1(Cn2ccnn2)CCN(c2ccccn2)C1. The minimum atomic E-state index is -0.759. The number of anilines is 1. The Morgan fingerprint density at radius 1 is 1.33 bits per heavy atom. The molecular weight excluding hydrogens is 230 g/mol. The number of nitrogens with zero attached hydrogens (tertiary/aromatic N) is 5. The molecule has 6 heteroatoms. The Bertz CT molecular complexity index is 500. The van der Waals surface area contributed by atoms with Gasteiger partial charge >= 0.3 is 0 Å². The molecule has 2 aromatic heterocycles. The van der Waals surface area contributed by atoms with Crippen molar-refractivity contribution in [1.29, 1.82) is 0 Å². The van der Waals surface area contributed by atoms with Crippen LogP contribution in [-0.4, -0.2) is 43.8 Å². The maximum atomic E-state index is 10.5. The third kappa shape index (κ3) is 2.19. The highest BCUT2D eigenvalue weighted by Crippen LogP contribution is 2.26. The lowest BCUT2D eigenvalue weighted by Crippen LogP contribution is -2.38. The van der Waals surface area contributed by atoms with Gasteiger partial charge in [0.05, 0.1) is 12.7 Å². The van der Waals surface area contributed by atoms with Crippen molar-refractivity contribution >= 4 is 5.82 Å². The van der Waals surface area contributed by atoms with E-state index < -0.39 is 5.60 Å². The molecule has 94 valence electrons. The minimum Gasteiger partial charge on any atom is -0.386 e. The molecule has 1 unspecified atom stereocenters. The average Bonchev–Trinajstić information content (AvgIpc) is 3.01. The first-order valence-electron chi connectivity index (χ1n) is 5.98. The van der Waals surface area contributed by atoms with Crippen LogP contribution in [0.4, 0.5) is 5.82 Å². The lowest BCUT2D eigenvalue weighted by atomic mass is 10.0. The summed E-state index contributed by atoms with van der Waals surface area (Å²) in [5, 5.41) is 18.2. The van der Waals surface area contributed by atoms with Gasteiger partial charge in [0.15, 0.2) is 0 Å². The first-order valence-corrected chi connectivity index (χ1v) is 5.98. The predicted octanol–water partition coefficient (Wildman–Crippen LogP) is 0.314. The van der Waals surface area contributed by atoms with Gasteiger partial charge in [-0.1, -0.05) is 11.3 Å². The van der Waals surface area contributed by atoms with E-state index in [1.54, 1.807) is 23.3 Å². The Morgan fingerprint density at radius 3 is 3.00 bits per heavy atom. The molecular formula is C12H15N5O. The van der Waals surface area contributed by atoms with Gasteiger partial charge in [-0.2, -0.15) is 0 Å². The highest BCUT2D eigenvalue weighted by Gasteiger charge is 2.37. The molecule has 1 N–H and O–H groups in total. The molecule has 0 aliphatic carbocycles. The summed E-state index contributed by atoms with van der Waals surface area (Å²) in [6, 6.07) is 5.81. The second kappa shape index (κ2) is 4.38. The van der Waals surface area contributed by atoms with Crippen LogP contribution in [-0.2, 0) is 6.54 Å². The van der Waals surface area contributed by atoms with Gasteiger partial charge in [-0.3, -0.25) is 0 Å². The van der Waals surface area contributed by atoms with Crippen molar-refractivity contribution in [3.63, 3.8) is 0 Å². The van der Waals surface area contributed by atoms with Crippen molar-refractivity contribution < 1.29 is 5.11 Å². The summed E-state index contributed by atoms with van der Waals surface area (Å²) in [6.07, 6.45) is 5.86. The molecule has 0 aromatic carbocycles.